The SMILES string of the molecule is CCC1CCC(NC(=O)C2CC2C)(C(=O)O)CC1. The van der Waals surface area contributed by atoms with Crippen LogP contribution in [0.25, 0.3) is 0 Å². The van der Waals surface area contributed by atoms with Crippen LogP contribution in [0.2, 0.25) is 0 Å². The van der Waals surface area contributed by atoms with E-state index in [0.717, 1.165) is 25.7 Å². The van der Waals surface area contributed by atoms with E-state index in [2.05, 4.69) is 12.2 Å². The highest BCUT2D eigenvalue weighted by Gasteiger charge is 2.47. The predicted octanol–water partition coefficient (Wildman–Crippen LogP) is 2.18. The first kappa shape index (κ1) is 13.4. The summed E-state index contributed by atoms with van der Waals surface area (Å²) in [6.45, 7) is 4.18. The molecule has 4 heteroatoms. The molecule has 2 aliphatic carbocycles. The van der Waals surface area contributed by atoms with Crippen molar-refractivity contribution in [3.8, 4) is 0 Å². The van der Waals surface area contributed by atoms with E-state index < -0.39 is 11.5 Å². The summed E-state index contributed by atoms with van der Waals surface area (Å²) in [4.78, 5) is 23.5. The summed E-state index contributed by atoms with van der Waals surface area (Å²) < 4.78 is 0. The smallest absolute Gasteiger partial charge is 0.329 e. The molecule has 102 valence electrons. The molecular weight excluding hydrogens is 230 g/mol. The van der Waals surface area contributed by atoms with Crippen LogP contribution in [0, 0.1) is 17.8 Å². The maximum atomic E-state index is 12.0. The summed E-state index contributed by atoms with van der Waals surface area (Å²) in [6.07, 6.45) is 4.97. The van der Waals surface area contributed by atoms with Gasteiger partial charge in [-0.3, -0.25) is 4.79 Å². The Morgan fingerprint density at radius 3 is 2.28 bits per heavy atom. The number of hydrogen-bond acceptors (Lipinski definition) is 2. The van der Waals surface area contributed by atoms with Gasteiger partial charge in [0.1, 0.15) is 5.54 Å². The molecule has 2 rings (SSSR count). The van der Waals surface area contributed by atoms with Crippen LogP contribution in [0.15, 0.2) is 0 Å². The molecule has 0 aliphatic heterocycles. The standard InChI is InChI=1S/C14H23NO3/c1-3-10-4-6-14(7-5-10,13(17)18)15-12(16)11-8-9(11)2/h9-11H,3-8H2,1-2H3,(H,15,16)(H,17,18). The van der Waals surface area contributed by atoms with Crippen molar-refractivity contribution in [2.75, 3.05) is 0 Å². The van der Waals surface area contributed by atoms with Crippen LogP contribution < -0.4 is 5.32 Å². The highest BCUT2D eigenvalue weighted by atomic mass is 16.4. The van der Waals surface area contributed by atoms with Crippen molar-refractivity contribution in [3.05, 3.63) is 0 Å². The van der Waals surface area contributed by atoms with Gasteiger partial charge in [-0.2, -0.15) is 0 Å². The quantitative estimate of drug-likeness (QED) is 0.807. The molecule has 0 aromatic rings. The molecule has 0 spiro atoms. The molecule has 0 heterocycles. The van der Waals surface area contributed by atoms with Gasteiger partial charge in [-0.15, -0.1) is 0 Å². The Hall–Kier alpha value is -1.06. The van der Waals surface area contributed by atoms with Crippen LogP contribution in [0.1, 0.15) is 52.4 Å². The first-order valence-corrected chi connectivity index (χ1v) is 7.04. The number of amides is 1. The molecule has 0 aromatic carbocycles. The zero-order chi connectivity index (χ0) is 13.3. The Bertz CT molecular complexity index is 345. The summed E-state index contributed by atoms with van der Waals surface area (Å²) in [5, 5.41) is 12.3. The number of rotatable bonds is 4. The summed E-state index contributed by atoms with van der Waals surface area (Å²) >= 11 is 0. The fraction of sp³-hybridized carbons (Fsp3) is 0.857. The van der Waals surface area contributed by atoms with E-state index in [9.17, 15) is 14.7 Å². The summed E-state index contributed by atoms with van der Waals surface area (Å²) in [5.74, 6) is 0.167. The molecule has 2 N–H and O–H groups in total. The second-order valence-electron chi connectivity index (χ2n) is 6.05. The molecule has 2 aliphatic rings. The lowest BCUT2D eigenvalue weighted by molar-refractivity contribution is -0.150. The lowest BCUT2D eigenvalue weighted by Crippen LogP contribution is -2.56. The molecule has 0 aromatic heterocycles. The first-order valence-electron chi connectivity index (χ1n) is 7.04. The second-order valence-corrected chi connectivity index (χ2v) is 6.05. The van der Waals surface area contributed by atoms with Gasteiger partial charge >= 0.3 is 5.97 Å². The largest absolute Gasteiger partial charge is 0.480 e. The zero-order valence-corrected chi connectivity index (χ0v) is 11.2. The van der Waals surface area contributed by atoms with E-state index in [4.69, 9.17) is 0 Å². The Kier molecular flexibility index (Phi) is 3.64. The van der Waals surface area contributed by atoms with E-state index in [-0.39, 0.29) is 11.8 Å². The maximum Gasteiger partial charge on any atom is 0.329 e. The number of carbonyl (C=O) groups is 2. The van der Waals surface area contributed by atoms with Gasteiger partial charge in [0.2, 0.25) is 5.91 Å². The number of carbonyl (C=O) groups excluding carboxylic acids is 1. The molecule has 2 unspecified atom stereocenters. The van der Waals surface area contributed by atoms with Gasteiger partial charge in [0.05, 0.1) is 0 Å². The summed E-state index contributed by atoms with van der Waals surface area (Å²) in [7, 11) is 0. The Morgan fingerprint density at radius 1 is 1.33 bits per heavy atom. The van der Waals surface area contributed by atoms with E-state index >= 15 is 0 Å². The number of carboxylic acid groups (broad SMARTS) is 1. The normalized spacial score (nSPS) is 39.1. The van der Waals surface area contributed by atoms with Gasteiger partial charge < -0.3 is 10.4 Å². The summed E-state index contributed by atoms with van der Waals surface area (Å²) in [6, 6.07) is 0. The third-order valence-corrected chi connectivity index (χ3v) is 4.75. The van der Waals surface area contributed by atoms with E-state index in [1.54, 1.807) is 0 Å². The van der Waals surface area contributed by atoms with E-state index in [1.807, 2.05) is 6.92 Å². The Balaban J connectivity index is 1.99. The maximum absolute atomic E-state index is 12.0. The topological polar surface area (TPSA) is 66.4 Å². The highest BCUT2D eigenvalue weighted by molar-refractivity contribution is 5.89. The van der Waals surface area contributed by atoms with Crippen LogP contribution >= 0.6 is 0 Å². The van der Waals surface area contributed by atoms with Gasteiger partial charge in [-0.1, -0.05) is 20.3 Å². The minimum atomic E-state index is -0.995. The molecule has 18 heavy (non-hydrogen) atoms. The lowest BCUT2D eigenvalue weighted by Gasteiger charge is -2.37. The number of carboxylic acids is 1. The summed E-state index contributed by atoms with van der Waals surface area (Å²) in [5.41, 5.74) is -0.995. The van der Waals surface area contributed by atoms with Crippen LogP contribution in [0.3, 0.4) is 0 Å². The monoisotopic (exact) mass is 253 g/mol. The average Bonchev–Trinajstić information content (AvgIpc) is 3.07. The highest BCUT2D eigenvalue weighted by Crippen LogP contribution is 2.40. The second kappa shape index (κ2) is 4.90. The van der Waals surface area contributed by atoms with Gasteiger partial charge in [-0.05, 0) is 43.9 Å². The fourth-order valence-corrected chi connectivity index (χ4v) is 2.99. The van der Waals surface area contributed by atoms with Crippen molar-refractivity contribution in [3.63, 3.8) is 0 Å². The predicted molar refractivity (Wildman–Crippen MR) is 68.0 cm³/mol. The molecule has 0 saturated heterocycles. The van der Waals surface area contributed by atoms with Crippen molar-refractivity contribution in [2.24, 2.45) is 17.8 Å². The lowest BCUT2D eigenvalue weighted by atomic mass is 9.75. The van der Waals surface area contributed by atoms with Crippen molar-refractivity contribution in [2.45, 2.75) is 57.9 Å². The van der Waals surface area contributed by atoms with Crippen molar-refractivity contribution in [1.82, 2.24) is 5.32 Å². The van der Waals surface area contributed by atoms with Gasteiger partial charge in [0, 0.05) is 5.92 Å². The average molecular weight is 253 g/mol. The van der Waals surface area contributed by atoms with Gasteiger partial charge in [-0.25, -0.2) is 4.79 Å². The van der Waals surface area contributed by atoms with Crippen molar-refractivity contribution < 1.29 is 14.7 Å². The number of nitrogens with one attached hydrogen (secondary N) is 1. The molecule has 4 nitrogen and oxygen atoms in total. The minimum Gasteiger partial charge on any atom is -0.480 e. The van der Waals surface area contributed by atoms with E-state index in [0.29, 0.717) is 24.7 Å². The van der Waals surface area contributed by atoms with Crippen LogP contribution in [-0.2, 0) is 9.59 Å². The van der Waals surface area contributed by atoms with E-state index in [1.165, 1.54) is 0 Å². The molecular formula is C14H23NO3. The van der Waals surface area contributed by atoms with Gasteiger partial charge in [0.25, 0.3) is 0 Å². The molecule has 2 atom stereocenters. The van der Waals surface area contributed by atoms with Crippen molar-refractivity contribution >= 4 is 11.9 Å². The molecule has 1 amide bonds. The number of hydrogen-bond donors (Lipinski definition) is 2. The molecule has 2 saturated carbocycles. The third kappa shape index (κ3) is 2.52. The van der Waals surface area contributed by atoms with Gasteiger partial charge in [0.15, 0.2) is 0 Å². The van der Waals surface area contributed by atoms with Crippen LogP contribution in [-0.4, -0.2) is 22.5 Å². The number of aliphatic carboxylic acids is 1. The third-order valence-electron chi connectivity index (χ3n) is 4.75. The Labute approximate surface area is 108 Å². The molecule has 0 bridgehead atoms. The van der Waals surface area contributed by atoms with Crippen LogP contribution in [0.4, 0.5) is 0 Å². The van der Waals surface area contributed by atoms with Crippen LogP contribution in [0.5, 0.6) is 0 Å². The molecule has 0 radical (unpaired) electrons. The molecule has 2 fully saturated rings. The Morgan fingerprint density at radius 2 is 1.89 bits per heavy atom. The zero-order valence-electron chi connectivity index (χ0n) is 11.2. The fourth-order valence-electron chi connectivity index (χ4n) is 2.99. The first-order chi connectivity index (χ1) is 8.48. The minimum absolute atomic E-state index is 0.0464. The van der Waals surface area contributed by atoms with Crippen molar-refractivity contribution in [1.29, 1.82) is 0 Å².